The number of nitrogens with zero attached hydrogens (tertiary/aromatic N) is 1. The largest absolute Gasteiger partial charge is 0.317 e. The van der Waals surface area contributed by atoms with Crippen LogP contribution in [0.5, 0.6) is 0 Å². The Morgan fingerprint density at radius 2 is 1.83 bits per heavy atom. The Balaban J connectivity index is 0. The number of rotatable bonds is 10. The Morgan fingerprint density at radius 1 is 1.17 bits per heavy atom. The van der Waals surface area contributed by atoms with E-state index in [4.69, 9.17) is 0 Å². The van der Waals surface area contributed by atoms with Crippen molar-refractivity contribution in [2.24, 2.45) is 5.92 Å². The van der Waals surface area contributed by atoms with Crippen molar-refractivity contribution in [1.82, 2.24) is 10.2 Å². The summed E-state index contributed by atoms with van der Waals surface area (Å²) >= 11 is 0. The Hall–Kier alpha value is -0.0500. The average molecular weight is 277 g/mol. The maximum atomic E-state index is 3.53. The molecule has 0 spiro atoms. The molecule has 3 heteroatoms. The molecule has 0 aliphatic carbocycles. The summed E-state index contributed by atoms with van der Waals surface area (Å²) in [7, 11) is 4.26. The Kier molecular flexibility index (Phi) is 15.1. The summed E-state index contributed by atoms with van der Waals surface area (Å²) in [6.07, 6.45) is 7.47. The monoisotopic (exact) mass is 276 g/mol. The van der Waals surface area contributed by atoms with E-state index in [-0.39, 0.29) is 12.4 Å². The molecule has 0 bridgehead atoms. The molecular formula is C15H33ClN2. The Morgan fingerprint density at radius 3 is 2.39 bits per heavy atom. The van der Waals surface area contributed by atoms with Gasteiger partial charge in [0.15, 0.2) is 0 Å². The minimum absolute atomic E-state index is 0. The summed E-state index contributed by atoms with van der Waals surface area (Å²) in [5.74, 6) is 0.840. The lowest BCUT2D eigenvalue weighted by atomic mass is 10.0. The molecule has 0 aliphatic rings. The second kappa shape index (κ2) is 13.4. The first-order valence-corrected chi connectivity index (χ1v) is 7.01. The summed E-state index contributed by atoms with van der Waals surface area (Å²) in [6, 6.07) is 0. The van der Waals surface area contributed by atoms with Crippen LogP contribution in [-0.2, 0) is 0 Å². The molecule has 1 unspecified atom stereocenters. The smallest absolute Gasteiger partial charge is 0.00127 e. The molecular weight excluding hydrogens is 244 g/mol. The first-order chi connectivity index (χ1) is 8.02. The molecule has 2 nitrogen and oxygen atoms in total. The van der Waals surface area contributed by atoms with E-state index in [1.165, 1.54) is 44.3 Å². The zero-order valence-electron chi connectivity index (χ0n) is 13.0. The van der Waals surface area contributed by atoms with Crippen LogP contribution in [0.1, 0.15) is 46.5 Å². The van der Waals surface area contributed by atoms with Gasteiger partial charge in [-0.25, -0.2) is 0 Å². The van der Waals surface area contributed by atoms with Gasteiger partial charge in [-0.15, -0.1) is 12.4 Å². The van der Waals surface area contributed by atoms with E-state index in [1.807, 2.05) is 0 Å². The van der Waals surface area contributed by atoms with Crippen LogP contribution in [0.4, 0.5) is 0 Å². The Labute approximate surface area is 121 Å². The van der Waals surface area contributed by atoms with Crippen LogP contribution in [0, 0.1) is 5.92 Å². The molecule has 0 radical (unpaired) electrons. The first-order valence-electron chi connectivity index (χ1n) is 7.01. The highest BCUT2D eigenvalue weighted by Gasteiger charge is 2.00. The van der Waals surface area contributed by atoms with Gasteiger partial charge < -0.3 is 10.2 Å². The molecule has 0 aromatic heterocycles. The summed E-state index contributed by atoms with van der Waals surface area (Å²) in [5.41, 5.74) is 1.44. The fourth-order valence-corrected chi connectivity index (χ4v) is 1.79. The third-order valence-corrected chi connectivity index (χ3v) is 2.98. The molecule has 0 saturated carbocycles. The number of nitrogens with one attached hydrogen (secondary N) is 1. The van der Waals surface area contributed by atoms with E-state index in [0.717, 1.165) is 12.5 Å². The lowest BCUT2D eigenvalue weighted by Crippen LogP contribution is -2.23. The normalized spacial score (nSPS) is 12.1. The van der Waals surface area contributed by atoms with Crippen molar-refractivity contribution < 1.29 is 0 Å². The van der Waals surface area contributed by atoms with E-state index >= 15 is 0 Å². The van der Waals surface area contributed by atoms with Gasteiger partial charge in [0, 0.05) is 0 Å². The van der Waals surface area contributed by atoms with Crippen LogP contribution in [0.25, 0.3) is 0 Å². The maximum absolute atomic E-state index is 3.53. The average Bonchev–Trinajstić information content (AvgIpc) is 2.22. The van der Waals surface area contributed by atoms with Crippen LogP contribution in [0.2, 0.25) is 0 Å². The van der Waals surface area contributed by atoms with Crippen LogP contribution >= 0.6 is 12.4 Å². The van der Waals surface area contributed by atoms with E-state index in [2.05, 4.69) is 51.2 Å². The molecule has 0 saturated heterocycles. The van der Waals surface area contributed by atoms with Crippen LogP contribution in [0.15, 0.2) is 11.6 Å². The van der Waals surface area contributed by atoms with Gasteiger partial charge in [0.2, 0.25) is 0 Å². The molecule has 18 heavy (non-hydrogen) atoms. The van der Waals surface area contributed by atoms with Crippen LogP contribution in [-0.4, -0.2) is 38.6 Å². The van der Waals surface area contributed by atoms with Gasteiger partial charge in [0.05, 0.1) is 0 Å². The quantitative estimate of drug-likeness (QED) is 0.483. The van der Waals surface area contributed by atoms with Crippen molar-refractivity contribution in [1.29, 1.82) is 0 Å². The number of hydrogen-bond donors (Lipinski definition) is 1. The van der Waals surface area contributed by atoms with E-state index in [9.17, 15) is 0 Å². The van der Waals surface area contributed by atoms with Crippen molar-refractivity contribution in [2.45, 2.75) is 46.5 Å². The van der Waals surface area contributed by atoms with Crippen molar-refractivity contribution in [2.75, 3.05) is 33.7 Å². The zero-order chi connectivity index (χ0) is 13.1. The van der Waals surface area contributed by atoms with Gasteiger partial charge in [0.1, 0.15) is 0 Å². The topological polar surface area (TPSA) is 15.3 Å². The van der Waals surface area contributed by atoms with E-state index < -0.39 is 0 Å². The summed E-state index contributed by atoms with van der Waals surface area (Å²) in [4.78, 5) is 2.24. The highest BCUT2D eigenvalue weighted by molar-refractivity contribution is 5.85. The molecule has 0 fully saturated rings. The number of halogens is 1. The first kappa shape index (κ1) is 20.3. The molecule has 1 atom stereocenters. The second-order valence-electron chi connectivity index (χ2n) is 5.66. The third-order valence-electron chi connectivity index (χ3n) is 2.98. The fraction of sp³-hybridized carbons (Fsp3) is 0.867. The highest BCUT2D eigenvalue weighted by atomic mass is 35.5. The molecule has 0 aromatic rings. The predicted molar refractivity (Wildman–Crippen MR) is 85.7 cm³/mol. The SMILES string of the molecule is CC(C)=CCCC(C)CCNCCCN(C)C.Cl. The summed E-state index contributed by atoms with van der Waals surface area (Å²) in [5, 5.41) is 3.53. The van der Waals surface area contributed by atoms with Gasteiger partial charge >= 0.3 is 0 Å². The molecule has 0 rings (SSSR count). The lowest BCUT2D eigenvalue weighted by molar-refractivity contribution is 0.390. The van der Waals surface area contributed by atoms with Gasteiger partial charge in [-0.1, -0.05) is 18.6 Å². The van der Waals surface area contributed by atoms with Crippen LogP contribution in [0.3, 0.4) is 0 Å². The third kappa shape index (κ3) is 16.0. The highest BCUT2D eigenvalue weighted by Crippen LogP contribution is 2.10. The maximum Gasteiger partial charge on any atom is -0.00127 e. The standard InChI is InChI=1S/C15H32N2.ClH/c1-14(2)8-6-9-15(3)10-12-16-11-7-13-17(4)5;/h8,15-16H,6-7,9-13H2,1-5H3;1H. The minimum atomic E-state index is 0. The summed E-state index contributed by atoms with van der Waals surface area (Å²) in [6.45, 7) is 10.2. The van der Waals surface area contributed by atoms with Crippen molar-refractivity contribution >= 4 is 12.4 Å². The van der Waals surface area contributed by atoms with Gasteiger partial charge in [0.25, 0.3) is 0 Å². The summed E-state index contributed by atoms with van der Waals surface area (Å²) < 4.78 is 0. The molecule has 0 aliphatic heterocycles. The molecule has 0 aromatic carbocycles. The zero-order valence-corrected chi connectivity index (χ0v) is 13.8. The van der Waals surface area contributed by atoms with Crippen molar-refractivity contribution in [3.8, 4) is 0 Å². The van der Waals surface area contributed by atoms with Gasteiger partial charge in [-0.2, -0.15) is 0 Å². The fourth-order valence-electron chi connectivity index (χ4n) is 1.79. The predicted octanol–water partition coefficient (Wildman–Crippen LogP) is 3.72. The van der Waals surface area contributed by atoms with Crippen LogP contribution < -0.4 is 5.32 Å². The second-order valence-corrected chi connectivity index (χ2v) is 5.66. The van der Waals surface area contributed by atoms with Crippen molar-refractivity contribution in [3.05, 3.63) is 11.6 Å². The number of hydrogen-bond acceptors (Lipinski definition) is 2. The van der Waals surface area contributed by atoms with Crippen molar-refractivity contribution in [3.63, 3.8) is 0 Å². The van der Waals surface area contributed by atoms with E-state index in [0.29, 0.717) is 0 Å². The van der Waals surface area contributed by atoms with E-state index in [1.54, 1.807) is 0 Å². The number of allylic oxidation sites excluding steroid dienone is 2. The van der Waals surface area contributed by atoms with Gasteiger partial charge in [-0.3, -0.25) is 0 Å². The van der Waals surface area contributed by atoms with Gasteiger partial charge in [-0.05, 0) is 79.2 Å². The molecule has 1 N–H and O–H groups in total. The molecule has 0 amide bonds. The Bertz CT molecular complexity index is 199. The molecule has 110 valence electrons. The minimum Gasteiger partial charge on any atom is -0.317 e. The molecule has 0 heterocycles. The lowest BCUT2D eigenvalue weighted by Gasteiger charge is -2.12.